The summed E-state index contributed by atoms with van der Waals surface area (Å²) in [7, 11) is 0. The zero-order valence-corrected chi connectivity index (χ0v) is 32.1. The van der Waals surface area contributed by atoms with E-state index in [-0.39, 0.29) is 31.2 Å². The second kappa shape index (κ2) is 18.3. The molecule has 0 spiro atoms. The van der Waals surface area contributed by atoms with Gasteiger partial charge < -0.3 is 35.2 Å². The van der Waals surface area contributed by atoms with E-state index in [0.29, 0.717) is 65.2 Å². The van der Waals surface area contributed by atoms with Gasteiger partial charge in [0.1, 0.15) is 23.7 Å². The number of benzene rings is 3. The summed E-state index contributed by atoms with van der Waals surface area (Å²) in [4.78, 5) is 79.0. The van der Waals surface area contributed by atoms with E-state index in [1.807, 2.05) is 48.5 Å². The van der Waals surface area contributed by atoms with Gasteiger partial charge in [-0.25, -0.2) is 14.6 Å². The first-order valence-corrected chi connectivity index (χ1v) is 18.5. The number of aldehydes is 2. The lowest BCUT2D eigenvalue weighted by molar-refractivity contribution is -0.192. The topological polar surface area (TPSA) is 217 Å². The summed E-state index contributed by atoms with van der Waals surface area (Å²) in [5.41, 5.74) is 7.45. The van der Waals surface area contributed by atoms with Gasteiger partial charge in [0, 0.05) is 24.6 Å². The van der Waals surface area contributed by atoms with E-state index in [0.717, 1.165) is 24.0 Å². The molecule has 3 heterocycles. The first-order valence-electron chi connectivity index (χ1n) is 18.5. The summed E-state index contributed by atoms with van der Waals surface area (Å²) in [5, 5.41) is 12.9. The summed E-state index contributed by atoms with van der Waals surface area (Å²) < 4.78 is 43.0. The number of nitrogen functional groups attached to an aromatic ring is 1. The lowest BCUT2D eigenvalue weighted by Gasteiger charge is -2.26. The minimum absolute atomic E-state index is 0.0554. The van der Waals surface area contributed by atoms with Gasteiger partial charge >= 0.3 is 18.1 Å². The zero-order chi connectivity index (χ0) is 43.0. The predicted octanol–water partition coefficient (Wildman–Crippen LogP) is 5.14. The number of pyridine rings is 1. The number of fused-ring (bicyclic) bond motifs is 1. The van der Waals surface area contributed by atoms with E-state index in [2.05, 4.69) is 15.6 Å². The molecular weight excluding hydrogens is 775 g/mol. The summed E-state index contributed by atoms with van der Waals surface area (Å²) in [6.45, 7) is 3.68. The van der Waals surface area contributed by atoms with E-state index in [9.17, 15) is 37.1 Å². The smallest absolute Gasteiger partial charge is 0.490 e. The number of hydrogen-bond donors (Lipinski definition) is 4. The molecule has 2 atom stereocenters. The molecule has 1 fully saturated rings. The number of esters is 1. The molecule has 2 amide bonds. The number of carboxylic acid groups (broad SMARTS) is 1. The van der Waals surface area contributed by atoms with Crippen molar-refractivity contribution < 1.29 is 56.5 Å². The molecule has 14 nitrogen and oxygen atoms in total. The fourth-order valence-electron chi connectivity index (χ4n) is 6.73. The van der Waals surface area contributed by atoms with Gasteiger partial charge in [0.25, 0.3) is 11.8 Å². The van der Waals surface area contributed by atoms with Crippen molar-refractivity contribution in [2.45, 2.75) is 69.3 Å². The Morgan fingerprint density at radius 1 is 0.966 bits per heavy atom. The largest absolute Gasteiger partial charge is 0.490 e. The van der Waals surface area contributed by atoms with Crippen molar-refractivity contribution in [2.75, 3.05) is 23.8 Å². The number of nitrogens with two attached hydrogens (primary N) is 1. The Morgan fingerprint density at radius 2 is 1.63 bits per heavy atom. The third-order valence-electron chi connectivity index (χ3n) is 9.64. The van der Waals surface area contributed by atoms with Crippen molar-refractivity contribution >= 4 is 53.5 Å². The number of nitrogens with zero attached hydrogens (tertiary/aromatic N) is 2. The highest BCUT2D eigenvalue weighted by atomic mass is 19.4. The molecule has 2 aliphatic heterocycles. The lowest BCUT2D eigenvalue weighted by atomic mass is 9.85. The number of ether oxygens (including phenoxy) is 2. The first-order chi connectivity index (χ1) is 28.1. The van der Waals surface area contributed by atoms with Crippen molar-refractivity contribution in [3.05, 3.63) is 102 Å². The highest BCUT2D eigenvalue weighted by Gasteiger charge is 2.72. The number of aliphatic carboxylic acids is 1. The van der Waals surface area contributed by atoms with Gasteiger partial charge in [-0.3, -0.25) is 19.8 Å². The maximum atomic E-state index is 13.8. The number of carboxylic acids is 1. The summed E-state index contributed by atoms with van der Waals surface area (Å²) in [5.74, 6) is -3.18. The molecule has 3 aromatic carbocycles. The lowest BCUT2D eigenvalue weighted by Crippen LogP contribution is -2.40. The van der Waals surface area contributed by atoms with Crippen LogP contribution in [0.5, 0.6) is 5.75 Å². The molecule has 59 heavy (non-hydrogen) atoms. The standard InChI is InChI=1S/C40H41N5O7.C2HF3O2/c1-26(2)52-38(50)40(39(25-47,44-40)17-19-46)23-28-14-16-32(30(22-28)29-10-4-3-5-11-29)45-33-15-13-27(21-31(33)37(49)43-24-35(45)48)9-6-7-20-51-34-12-8-18-42-36(34)41;3-2(4,5)1(6)7/h3-5,8,10-16,18-19,21-22,25-26,44H,6-7,9,17,20,23-24H2,1-2H3,(H2,41,42)(H,43,49);(H,6,7)/t39?,40-;/m0./s1. The summed E-state index contributed by atoms with van der Waals surface area (Å²) in [6.07, 6.45) is -0.598. The number of halogens is 3. The number of aryl methyl sites for hydroxylation is 1. The molecule has 0 radical (unpaired) electrons. The molecule has 0 aliphatic carbocycles. The fourth-order valence-corrected chi connectivity index (χ4v) is 6.73. The van der Waals surface area contributed by atoms with E-state index in [1.54, 1.807) is 55.3 Å². The molecule has 0 saturated carbocycles. The highest BCUT2D eigenvalue weighted by molar-refractivity contribution is 6.14. The van der Waals surface area contributed by atoms with Crippen molar-refractivity contribution in [3.63, 3.8) is 0 Å². The van der Waals surface area contributed by atoms with Gasteiger partial charge in [-0.1, -0.05) is 42.5 Å². The van der Waals surface area contributed by atoms with Gasteiger partial charge in [-0.2, -0.15) is 13.2 Å². The number of rotatable bonds is 15. The quantitative estimate of drug-likeness (QED) is 0.0531. The Labute approximate surface area is 336 Å². The number of carbonyl (C=O) groups excluding carboxylic acids is 5. The van der Waals surface area contributed by atoms with Crippen LogP contribution in [0.15, 0.2) is 85.1 Å². The van der Waals surface area contributed by atoms with Crippen LogP contribution in [0.25, 0.3) is 11.1 Å². The van der Waals surface area contributed by atoms with Crippen LogP contribution in [0.3, 0.4) is 0 Å². The SMILES string of the molecule is CC(C)OC(=O)[C@]1(Cc2ccc(N3C(=O)CNC(=O)c4cc(CCCCOc5cccnc5N)ccc43)c(-c3ccccc3)c2)NC1(C=O)CC=O.O=C(O)C(F)(F)F. The predicted molar refractivity (Wildman–Crippen MR) is 209 cm³/mol. The van der Waals surface area contributed by atoms with Crippen LogP contribution in [-0.4, -0.2) is 82.9 Å². The summed E-state index contributed by atoms with van der Waals surface area (Å²) in [6, 6.07) is 24.0. The third-order valence-corrected chi connectivity index (χ3v) is 9.64. The molecule has 1 saturated heterocycles. The number of anilines is 3. The van der Waals surface area contributed by atoms with Gasteiger partial charge in [0.05, 0.1) is 36.2 Å². The number of unbranched alkanes of at least 4 members (excludes halogenated alkanes) is 1. The zero-order valence-electron chi connectivity index (χ0n) is 32.1. The maximum absolute atomic E-state index is 13.8. The maximum Gasteiger partial charge on any atom is 0.490 e. The molecule has 2 aliphatic rings. The normalized spacial score (nSPS) is 18.4. The average molecular weight is 818 g/mol. The number of aromatic nitrogens is 1. The Morgan fingerprint density at radius 3 is 2.25 bits per heavy atom. The van der Waals surface area contributed by atoms with Crippen LogP contribution in [-0.2, 0) is 41.6 Å². The Balaban J connectivity index is 0.000000867. The molecule has 1 aromatic heterocycles. The second-order valence-electron chi connectivity index (χ2n) is 14.1. The van der Waals surface area contributed by atoms with Crippen LogP contribution in [0.2, 0.25) is 0 Å². The van der Waals surface area contributed by atoms with Crippen LogP contribution >= 0.6 is 0 Å². The van der Waals surface area contributed by atoms with Gasteiger partial charge in [-0.05, 0) is 86.2 Å². The minimum atomic E-state index is -5.08. The molecule has 5 N–H and O–H groups in total. The molecule has 4 aromatic rings. The van der Waals surface area contributed by atoms with E-state index in [4.69, 9.17) is 25.1 Å². The third kappa shape index (κ3) is 9.92. The van der Waals surface area contributed by atoms with Gasteiger partial charge in [-0.15, -0.1) is 0 Å². The van der Waals surface area contributed by atoms with E-state index < -0.39 is 35.3 Å². The number of nitrogens with one attached hydrogen (secondary N) is 2. The Kier molecular flexibility index (Phi) is 13.5. The van der Waals surface area contributed by atoms with Crippen LogP contribution in [0, 0.1) is 0 Å². The van der Waals surface area contributed by atoms with Gasteiger partial charge in [0.15, 0.2) is 11.6 Å². The number of alkyl halides is 3. The molecule has 1 unspecified atom stereocenters. The van der Waals surface area contributed by atoms with Crippen molar-refractivity contribution in [1.82, 2.24) is 15.6 Å². The minimum Gasteiger partial charge on any atom is -0.490 e. The highest BCUT2D eigenvalue weighted by Crippen LogP contribution is 2.45. The molecule has 0 bridgehead atoms. The Hall–Kier alpha value is -6.62. The van der Waals surface area contributed by atoms with Crippen LogP contribution in [0.4, 0.5) is 30.4 Å². The first kappa shape index (κ1) is 43.5. The van der Waals surface area contributed by atoms with Crippen molar-refractivity contribution in [2.24, 2.45) is 0 Å². The average Bonchev–Trinajstić information content (AvgIpc) is 3.87. The van der Waals surface area contributed by atoms with Crippen LogP contribution in [0.1, 0.15) is 54.6 Å². The fraction of sp³-hybridized carbons (Fsp3) is 0.310. The molecular formula is C42H42F3N5O9. The monoisotopic (exact) mass is 817 g/mol. The van der Waals surface area contributed by atoms with Crippen molar-refractivity contribution in [3.8, 4) is 16.9 Å². The van der Waals surface area contributed by atoms with Crippen molar-refractivity contribution in [1.29, 1.82) is 0 Å². The number of hydrogen-bond acceptors (Lipinski definition) is 11. The number of carbonyl (C=O) groups is 6. The molecule has 17 heteroatoms. The van der Waals surface area contributed by atoms with E-state index >= 15 is 0 Å². The van der Waals surface area contributed by atoms with E-state index in [1.165, 1.54) is 0 Å². The number of amides is 2. The molecule has 310 valence electrons. The summed E-state index contributed by atoms with van der Waals surface area (Å²) >= 11 is 0. The molecule has 6 rings (SSSR count). The Bertz CT molecular complexity index is 2220. The van der Waals surface area contributed by atoms with Gasteiger partial charge in [0.2, 0.25) is 0 Å². The van der Waals surface area contributed by atoms with Crippen LogP contribution < -0.4 is 26.0 Å². The second-order valence-corrected chi connectivity index (χ2v) is 14.1.